The number of hydrazone groups is 1. The van der Waals surface area contributed by atoms with Gasteiger partial charge < -0.3 is 5.11 Å². The van der Waals surface area contributed by atoms with Crippen molar-refractivity contribution in [2.75, 3.05) is 0 Å². The third kappa shape index (κ3) is 4.38. The lowest BCUT2D eigenvalue weighted by Gasteiger charge is -2.22. The Balaban J connectivity index is 1.83. The first-order valence-corrected chi connectivity index (χ1v) is 9.26. The summed E-state index contributed by atoms with van der Waals surface area (Å²) in [6, 6.07) is 17.5. The van der Waals surface area contributed by atoms with Gasteiger partial charge in [0.25, 0.3) is 0 Å². The second-order valence-electron chi connectivity index (χ2n) is 6.17. The molecule has 0 saturated heterocycles. The van der Waals surface area contributed by atoms with Crippen LogP contribution >= 0.6 is 15.9 Å². The number of carboxylic acid groups (broad SMARTS) is 1. The number of carbonyl (C=O) groups is 2. The zero-order chi connectivity index (χ0) is 18.5. The van der Waals surface area contributed by atoms with Crippen molar-refractivity contribution in [2.45, 2.75) is 31.7 Å². The fourth-order valence-electron chi connectivity index (χ4n) is 3.00. The Hall–Kier alpha value is -2.47. The van der Waals surface area contributed by atoms with Crippen LogP contribution in [0.4, 0.5) is 0 Å². The van der Waals surface area contributed by atoms with Crippen LogP contribution in [-0.2, 0) is 9.59 Å². The average Bonchev–Trinajstić information content (AvgIpc) is 3.08. The van der Waals surface area contributed by atoms with Crippen molar-refractivity contribution >= 4 is 33.5 Å². The van der Waals surface area contributed by atoms with Crippen LogP contribution < -0.4 is 0 Å². The summed E-state index contributed by atoms with van der Waals surface area (Å²) in [5.41, 5.74) is 2.87. The number of hydrogen-bond acceptors (Lipinski definition) is 3. The lowest BCUT2D eigenvalue weighted by atomic mass is 9.98. The second-order valence-corrected chi connectivity index (χ2v) is 7.09. The topological polar surface area (TPSA) is 70.0 Å². The van der Waals surface area contributed by atoms with Gasteiger partial charge in [0, 0.05) is 23.7 Å². The van der Waals surface area contributed by atoms with E-state index >= 15 is 0 Å². The van der Waals surface area contributed by atoms with Crippen molar-refractivity contribution < 1.29 is 14.7 Å². The van der Waals surface area contributed by atoms with Crippen molar-refractivity contribution in [3.63, 3.8) is 0 Å². The first-order valence-electron chi connectivity index (χ1n) is 8.47. The van der Waals surface area contributed by atoms with Crippen LogP contribution in [0.3, 0.4) is 0 Å². The molecule has 134 valence electrons. The third-order valence-electron chi connectivity index (χ3n) is 4.31. The molecule has 1 aliphatic rings. The summed E-state index contributed by atoms with van der Waals surface area (Å²) in [7, 11) is 0. The van der Waals surface area contributed by atoms with E-state index in [1.165, 1.54) is 5.01 Å². The molecule has 1 unspecified atom stereocenters. The minimum Gasteiger partial charge on any atom is -0.481 e. The maximum absolute atomic E-state index is 12.7. The number of amides is 1. The normalized spacial score (nSPS) is 16.4. The number of carbonyl (C=O) groups excluding carboxylic acids is 1. The van der Waals surface area contributed by atoms with Gasteiger partial charge in [-0.1, -0.05) is 58.4 Å². The van der Waals surface area contributed by atoms with Gasteiger partial charge in [0.2, 0.25) is 5.91 Å². The zero-order valence-electron chi connectivity index (χ0n) is 14.1. The molecule has 0 fully saturated rings. The Bertz CT molecular complexity index is 819. The molecule has 1 N–H and O–H groups in total. The van der Waals surface area contributed by atoms with E-state index in [1.54, 1.807) is 0 Å². The molecule has 0 radical (unpaired) electrons. The van der Waals surface area contributed by atoms with Crippen molar-refractivity contribution in [3.8, 4) is 0 Å². The van der Waals surface area contributed by atoms with Gasteiger partial charge in [-0.3, -0.25) is 9.59 Å². The monoisotopic (exact) mass is 414 g/mol. The molecule has 3 rings (SSSR count). The van der Waals surface area contributed by atoms with Crippen LogP contribution in [0.15, 0.2) is 64.2 Å². The first-order chi connectivity index (χ1) is 12.5. The van der Waals surface area contributed by atoms with Crippen LogP contribution in [0.25, 0.3) is 0 Å². The van der Waals surface area contributed by atoms with E-state index in [1.807, 2.05) is 54.6 Å². The second kappa shape index (κ2) is 8.27. The number of nitrogens with zero attached hydrogens (tertiary/aromatic N) is 2. The minimum absolute atomic E-state index is 0.0161. The molecule has 5 nitrogen and oxygen atoms in total. The molecule has 2 aromatic rings. The van der Waals surface area contributed by atoms with E-state index in [-0.39, 0.29) is 24.8 Å². The summed E-state index contributed by atoms with van der Waals surface area (Å²) in [4.78, 5) is 23.4. The molecule has 0 saturated carbocycles. The SMILES string of the molecule is O=C(O)CCCC(=O)N1N=C(c2ccccc2)CC1c1ccc(Br)cc1. The van der Waals surface area contributed by atoms with Crippen LogP contribution in [0, 0.1) is 0 Å². The number of aliphatic carboxylic acids is 1. The Morgan fingerprint density at radius 3 is 2.42 bits per heavy atom. The standard InChI is InChI=1S/C20H19BrN2O3/c21-16-11-9-15(10-12-16)18-13-17(14-5-2-1-3-6-14)22-23(18)19(24)7-4-8-20(25)26/h1-3,5-6,9-12,18H,4,7-8,13H2,(H,25,26). The van der Waals surface area contributed by atoms with Crippen LogP contribution in [0.5, 0.6) is 0 Å². The average molecular weight is 415 g/mol. The number of rotatable bonds is 6. The molecule has 0 bridgehead atoms. The van der Waals surface area contributed by atoms with Gasteiger partial charge >= 0.3 is 5.97 Å². The molecule has 1 amide bonds. The highest BCUT2D eigenvalue weighted by Gasteiger charge is 2.32. The van der Waals surface area contributed by atoms with Gasteiger partial charge in [-0.25, -0.2) is 5.01 Å². The Morgan fingerprint density at radius 2 is 1.77 bits per heavy atom. The van der Waals surface area contributed by atoms with E-state index in [4.69, 9.17) is 5.11 Å². The molecule has 26 heavy (non-hydrogen) atoms. The smallest absolute Gasteiger partial charge is 0.303 e. The van der Waals surface area contributed by atoms with E-state index in [2.05, 4.69) is 21.0 Å². The fourth-order valence-corrected chi connectivity index (χ4v) is 3.26. The highest BCUT2D eigenvalue weighted by Crippen LogP contribution is 2.34. The van der Waals surface area contributed by atoms with Crippen molar-refractivity contribution in [1.82, 2.24) is 5.01 Å². The Morgan fingerprint density at radius 1 is 1.08 bits per heavy atom. The summed E-state index contributed by atoms with van der Waals surface area (Å²) in [6.45, 7) is 0. The van der Waals surface area contributed by atoms with E-state index in [9.17, 15) is 9.59 Å². The Labute approximate surface area is 160 Å². The van der Waals surface area contributed by atoms with Crippen molar-refractivity contribution in [1.29, 1.82) is 0 Å². The van der Waals surface area contributed by atoms with Gasteiger partial charge in [0.1, 0.15) is 0 Å². The molecular weight excluding hydrogens is 396 g/mol. The van der Waals surface area contributed by atoms with Gasteiger partial charge in [-0.2, -0.15) is 5.10 Å². The molecule has 0 aromatic heterocycles. The molecule has 1 atom stereocenters. The summed E-state index contributed by atoms with van der Waals surface area (Å²) in [6.07, 6.45) is 1.10. The summed E-state index contributed by atoms with van der Waals surface area (Å²) >= 11 is 3.43. The quantitative estimate of drug-likeness (QED) is 0.761. The van der Waals surface area contributed by atoms with Gasteiger partial charge in [0.05, 0.1) is 11.8 Å². The summed E-state index contributed by atoms with van der Waals surface area (Å²) < 4.78 is 0.975. The van der Waals surface area contributed by atoms with Gasteiger partial charge in [-0.05, 0) is 29.7 Å². The first kappa shape index (κ1) is 18.3. The Kier molecular flexibility index (Phi) is 5.83. The maximum Gasteiger partial charge on any atom is 0.303 e. The van der Waals surface area contributed by atoms with Gasteiger partial charge in [0.15, 0.2) is 0 Å². The predicted molar refractivity (Wildman–Crippen MR) is 103 cm³/mol. The van der Waals surface area contributed by atoms with Crippen molar-refractivity contribution in [2.24, 2.45) is 5.10 Å². The van der Waals surface area contributed by atoms with Crippen molar-refractivity contribution in [3.05, 3.63) is 70.2 Å². The lowest BCUT2D eigenvalue weighted by molar-refractivity contribution is -0.137. The van der Waals surface area contributed by atoms with E-state index < -0.39 is 5.97 Å². The molecule has 2 aromatic carbocycles. The third-order valence-corrected chi connectivity index (χ3v) is 4.84. The summed E-state index contributed by atoms with van der Waals surface area (Å²) in [5, 5.41) is 14.9. The minimum atomic E-state index is -0.892. The highest BCUT2D eigenvalue weighted by atomic mass is 79.9. The molecule has 0 spiro atoms. The summed E-state index contributed by atoms with van der Waals surface area (Å²) in [5.74, 6) is -1.04. The number of hydrogen-bond donors (Lipinski definition) is 1. The molecule has 1 aliphatic heterocycles. The fraction of sp³-hybridized carbons (Fsp3) is 0.250. The number of benzene rings is 2. The number of halogens is 1. The van der Waals surface area contributed by atoms with E-state index in [0.717, 1.165) is 21.3 Å². The largest absolute Gasteiger partial charge is 0.481 e. The highest BCUT2D eigenvalue weighted by molar-refractivity contribution is 9.10. The predicted octanol–water partition coefficient (Wildman–Crippen LogP) is 4.38. The van der Waals surface area contributed by atoms with Crippen LogP contribution in [-0.4, -0.2) is 27.7 Å². The molecule has 6 heteroatoms. The van der Waals surface area contributed by atoms with E-state index in [0.29, 0.717) is 12.8 Å². The van der Waals surface area contributed by atoms with Gasteiger partial charge in [-0.15, -0.1) is 0 Å². The zero-order valence-corrected chi connectivity index (χ0v) is 15.7. The van der Waals surface area contributed by atoms with Crippen LogP contribution in [0.2, 0.25) is 0 Å². The van der Waals surface area contributed by atoms with Crippen LogP contribution in [0.1, 0.15) is 42.9 Å². The molecule has 0 aliphatic carbocycles. The molecule has 1 heterocycles. The molecular formula is C20H19BrN2O3. The maximum atomic E-state index is 12.7. The lowest BCUT2D eigenvalue weighted by Crippen LogP contribution is -2.27. The number of carboxylic acids is 1.